The smallest absolute Gasteiger partial charge is 0.337 e. The van der Waals surface area contributed by atoms with Crippen LogP contribution in [0.1, 0.15) is 31.7 Å². The first-order valence-electron chi connectivity index (χ1n) is 11.0. The first-order valence-corrected chi connectivity index (χ1v) is 12.0. The van der Waals surface area contributed by atoms with Crippen molar-refractivity contribution in [1.82, 2.24) is 5.32 Å². The molecule has 0 saturated carbocycles. The van der Waals surface area contributed by atoms with Crippen LogP contribution in [0.25, 0.3) is 0 Å². The van der Waals surface area contributed by atoms with E-state index in [0.717, 1.165) is 41.5 Å². The zero-order chi connectivity index (χ0) is 22.4. The molecule has 0 aromatic heterocycles. The van der Waals surface area contributed by atoms with Gasteiger partial charge in [0.15, 0.2) is 5.78 Å². The second-order valence-corrected chi connectivity index (χ2v) is 9.38. The highest BCUT2D eigenvalue weighted by Crippen LogP contribution is 2.54. The molecule has 2 saturated heterocycles. The number of esters is 1. The van der Waals surface area contributed by atoms with Gasteiger partial charge in [-0.25, -0.2) is 9.18 Å². The van der Waals surface area contributed by atoms with E-state index in [-0.39, 0.29) is 36.6 Å². The van der Waals surface area contributed by atoms with Crippen molar-refractivity contribution in [2.45, 2.75) is 32.2 Å². The fraction of sp³-hybridized carbons (Fsp3) is 0.417. The van der Waals surface area contributed by atoms with E-state index in [1.54, 1.807) is 30.8 Å². The number of anilines is 2. The van der Waals surface area contributed by atoms with Crippen molar-refractivity contribution in [2.24, 2.45) is 0 Å². The number of nitrogens with zero attached hydrogens (tertiary/aromatic N) is 2. The van der Waals surface area contributed by atoms with Gasteiger partial charge in [-0.2, -0.15) is 0 Å². The van der Waals surface area contributed by atoms with Crippen molar-refractivity contribution in [3.05, 3.63) is 57.9 Å². The molecule has 3 aliphatic heterocycles. The van der Waals surface area contributed by atoms with Gasteiger partial charge in [0.1, 0.15) is 5.82 Å². The zero-order valence-electron chi connectivity index (χ0n) is 18.2. The van der Waals surface area contributed by atoms with Crippen LogP contribution < -0.4 is 15.1 Å². The summed E-state index contributed by atoms with van der Waals surface area (Å²) >= 11 is 1.60. The Bertz CT molecular complexity index is 1080. The number of ether oxygens (including phenoxy) is 1. The van der Waals surface area contributed by atoms with Gasteiger partial charge in [0.05, 0.1) is 28.8 Å². The number of allylic oxidation sites excluding steroid dienone is 4. The van der Waals surface area contributed by atoms with Gasteiger partial charge in [0.25, 0.3) is 0 Å². The molecule has 8 heteroatoms. The highest BCUT2D eigenvalue weighted by molar-refractivity contribution is 8.05. The summed E-state index contributed by atoms with van der Waals surface area (Å²) in [6.45, 7) is 6.43. The third-order valence-electron chi connectivity index (χ3n) is 6.33. The molecule has 1 aromatic rings. The highest BCUT2D eigenvalue weighted by atomic mass is 32.2. The fourth-order valence-corrected chi connectivity index (χ4v) is 5.80. The van der Waals surface area contributed by atoms with Gasteiger partial charge in [-0.1, -0.05) is 23.9 Å². The summed E-state index contributed by atoms with van der Waals surface area (Å²) in [6, 6.07) is 3.79. The second kappa shape index (κ2) is 8.41. The first-order chi connectivity index (χ1) is 15.5. The first kappa shape index (κ1) is 21.3. The van der Waals surface area contributed by atoms with E-state index in [2.05, 4.69) is 22.0 Å². The van der Waals surface area contributed by atoms with Gasteiger partial charge in [-0.3, -0.25) is 4.79 Å². The van der Waals surface area contributed by atoms with E-state index in [9.17, 15) is 9.59 Å². The number of nitrogens with one attached hydrogen (secondary N) is 1. The third-order valence-corrected chi connectivity index (χ3v) is 7.43. The van der Waals surface area contributed by atoms with Crippen LogP contribution in [-0.2, 0) is 14.3 Å². The lowest BCUT2D eigenvalue weighted by molar-refractivity contribution is -0.138. The summed E-state index contributed by atoms with van der Waals surface area (Å²) in [5, 5.41) is 4.25. The van der Waals surface area contributed by atoms with Crippen molar-refractivity contribution in [1.29, 1.82) is 0 Å². The second-order valence-electron chi connectivity index (χ2n) is 8.45. The van der Waals surface area contributed by atoms with E-state index < -0.39 is 5.92 Å². The van der Waals surface area contributed by atoms with E-state index in [0.29, 0.717) is 17.1 Å². The number of carbonyl (C=O) groups excluding carboxylic acids is 2. The molecule has 4 aliphatic rings. The predicted octanol–water partition coefficient (Wildman–Crippen LogP) is 3.46. The van der Waals surface area contributed by atoms with E-state index in [4.69, 9.17) is 4.74 Å². The zero-order valence-corrected chi connectivity index (χ0v) is 19.0. The molecule has 5 rings (SSSR count). The molecule has 3 heterocycles. The maximum Gasteiger partial charge on any atom is 0.337 e. The minimum Gasteiger partial charge on any atom is -0.463 e. The monoisotopic (exact) mass is 455 g/mol. The maximum absolute atomic E-state index is 15.5. The minimum atomic E-state index is -0.460. The number of fused-ring (bicyclic) bond motifs is 3. The van der Waals surface area contributed by atoms with Crippen molar-refractivity contribution < 1.29 is 18.7 Å². The van der Waals surface area contributed by atoms with E-state index >= 15 is 4.39 Å². The van der Waals surface area contributed by atoms with Gasteiger partial charge in [0.2, 0.25) is 0 Å². The van der Waals surface area contributed by atoms with Gasteiger partial charge in [-0.05, 0) is 43.2 Å². The molecule has 2 unspecified atom stereocenters. The molecule has 6 nitrogen and oxygen atoms in total. The predicted molar refractivity (Wildman–Crippen MR) is 124 cm³/mol. The van der Waals surface area contributed by atoms with Crippen LogP contribution in [0.15, 0.2) is 46.5 Å². The average Bonchev–Trinajstić information content (AvgIpc) is 2.74. The number of piperazine rings is 1. The lowest BCUT2D eigenvalue weighted by atomic mass is 9.79. The molecule has 1 N–H and O–H groups in total. The summed E-state index contributed by atoms with van der Waals surface area (Å²) in [7, 11) is 0. The van der Waals surface area contributed by atoms with Crippen molar-refractivity contribution in [3.8, 4) is 0 Å². The summed E-state index contributed by atoms with van der Waals surface area (Å²) in [5.41, 5.74) is 3.62. The van der Waals surface area contributed by atoms with Gasteiger partial charge < -0.3 is 19.9 Å². The number of hydrogen-bond donors (Lipinski definition) is 1. The van der Waals surface area contributed by atoms with Crippen LogP contribution in [0.5, 0.6) is 0 Å². The standard InChI is InChI=1S/C24H26FN3O3S/c1-3-31-24(30)22-21(15-4-6-16(29)7-5-15)17-10-18(25)20(27-9-8-26-14(2)12-27)11-19(17)28-13-32-23(22)28/h4-6,10-11,14,21,26H,3,7-9,12-13H2,1-2H3. The number of carbonyl (C=O) groups is 2. The summed E-state index contributed by atoms with van der Waals surface area (Å²) < 4.78 is 20.9. The number of rotatable bonds is 4. The average molecular weight is 456 g/mol. The third kappa shape index (κ3) is 3.55. The summed E-state index contributed by atoms with van der Waals surface area (Å²) in [4.78, 5) is 28.9. The highest BCUT2D eigenvalue weighted by Gasteiger charge is 2.43. The van der Waals surface area contributed by atoms with Crippen molar-refractivity contribution in [3.63, 3.8) is 0 Å². The molecule has 0 bridgehead atoms. The Labute approximate surface area is 191 Å². The van der Waals surface area contributed by atoms with Crippen LogP contribution in [0.4, 0.5) is 15.8 Å². The lowest BCUT2D eigenvalue weighted by Crippen LogP contribution is -2.49. The molecule has 0 spiro atoms. The summed E-state index contributed by atoms with van der Waals surface area (Å²) in [6.07, 6.45) is 5.41. The Kier molecular flexibility index (Phi) is 5.59. The maximum atomic E-state index is 15.5. The number of hydrogen-bond acceptors (Lipinski definition) is 7. The largest absolute Gasteiger partial charge is 0.463 e. The lowest BCUT2D eigenvalue weighted by Gasteiger charge is -2.45. The molecule has 168 valence electrons. The Morgan fingerprint density at radius 2 is 2.16 bits per heavy atom. The van der Waals surface area contributed by atoms with Gasteiger partial charge in [-0.15, -0.1) is 0 Å². The quantitative estimate of drug-likeness (QED) is 0.698. The molecular formula is C24H26FN3O3S. The SMILES string of the molecule is CCOC(=O)C1=C2SCN2c2cc(N3CCNC(C)C3)c(F)cc2C1C1=CCC(=O)C=C1. The Balaban J connectivity index is 1.63. The number of benzene rings is 1. The number of thioether (sulfide) groups is 1. The molecule has 1 aromatic carbocycles. The van der Waals surface area contributed by atoms with Gasteiger partial charge >= 0.3 is 5.97 Å². The Morgan fingerprint density at radius 3 is 2.81 bits per heavy atom. The van der Waals surface area contributed by atoms with Crippen LogP contribution in [0.3, 0.4) is 0 Å². The molecule has 32 heavy (non-hydrogen) atoms. The van der Waals surface area contributed by atoms with Crippen LogP contribution in [-0.4, -0.2) is 49.9 Å². The normalized spacial score (nSPS) is 24.6. The number of ketones is 1. The molecule has 0 amide bonds. The molecule has 2 atom stereocenters. The minimum absolute atomic E-state index is 0.0177. The van der Waals surface area contributed by atoms with E-state index in [1.807, 2.05) is 12.1 Å². The van der Waals surface area contributed by atoms with Crippen molar-refractivity contribution in [2.75, 3.05) is 41.9 Å². The molecule has 0 radical (unpaired) electrons. The van der Waals surface area contributed by atoms with Crippen LogP contribution in [0.2, 0.25) is 0 Å². The van der Waals surface area contributed by atoms with E-state index in [1.165, 1.54) is 6.08 Å². The van der Waals surface area contributed by atoms with Crippen LogP contribution >= 0.6 is 11.8 Å². The molecule has 2 fully saturated rings. The molecule has 1 aliphatic carbocycles. The summed E-state index contributed by atoms with van der Waals surface area (Å²) in [5.74, 6) is -0.419. The van der Waals surface area contributed by atoms with Crippen LogP contribution in [0, 0.1) is 5.82 Å². The topological polar surface area (TPSA) is 61.9 Å². The molecular weight excluding hydrogens is 429 g/mol. The number of halogens is 1. The fourth-order valence-electron chi connectivity index (χ4n) is 4.82. The van der Waals surface area contributed by atoms with Gasteiger partial charge in [0, 0.05) is 43.7 Å². The Hall–Kier alpha value is -2.58. The van der Waals surface area contributed by atoms with Crippen molar-refractivity contribution >= 4 is 34.9 Å². The Morgan fingerprint density at radius 1 is 1.31 bits per heavy atom.